The van der Waals surface area contributed by atoms with Gasteiger partial charge in [-0.1, -0.05) is 11.6 Å². The lowest BCUT2D eigenvalue weighted by atomic mass is 10.2. The van der Waals surface area contributed by atoms with Gasteiger partial charge in [0.15, 0.2) is 5.76 Å². The zero-order valence-electron chi connectivity index (χ0n) is 15.2. The molecule has 0 unspecified atom stereocenters. The van der Waals surface area contributed by atoms with Crippen LogP contribution in [0.4, 0.5) is 11.4 Å². The largest absolute Gasteiger partial charge is 0.459 e. The number of likely N-dealkylation sites (tertiary alicyclic amines) is 1. The lowest BCUT2D eigenvalue weighted by Crippen LogP contribution is -2.43. The molecule has 2 fully saturated rings. The fourth-order valence-corrected chi connectivity index (χ4v) is 4.04. The number of anilines is 2. The van der Waals surface area contributed by atoms with Crippen LogP contribution in [-0.2, 0) is 9.59 Å². The fraction of sp³-hybridized carbons (Fsp3) is 0.350. The first-order valence-electron chi connectivity index (χ1n) is 9.30. The number of carbonyl (C=O) groups is 3. The first-order chi connectivity index (χ1) is 13.5. The van der Waals surface area contributed by atoms with Crippen LogP contribution in [0.1, 0.15) is 36.2 Å². The monoisotopic (exact) mass is 401 g/mol. The Morgan fingerprint density at radius 3 is 2.71 bits per heavy atom. The molecule has 2 aliphatic heterocycles. The lowest BCUT2D eigenvalue weighted by molar-refractivity contribution is -0.120. The van der Waals surface area contributed by atoms with Crippen molar-refractivity contribution in [2.75, 3.05) is 23.3 Å². The van der Waals surface area contributed by atoms with Gasteiger partial charge in [-0.05, 0) is 49.6 Å². The van der Waals surface area contributed by atoms with Crippen LogP contribution >= 0.6 is 11.6 Å². The minimum Gasteiger partial charge on any atom is -0.459 e. The summed E-state index contributed by atoms with van der Waals surface area (Å²) in [4.78, 5) is 40.4. The van der Waals surface area contributed by atoms with E-state index in [9.17, 15) is 14.4 Å². The Kier molecular flexibility index (Phi) is 5.09. The van der Waals surface area contributed by atoms with E-state index in [1.165, 1.54) is 11.2 Å². The molecule has 3 amide bonds. The molecule has 2 saturated heterocycles. The number of halogens is 1. The topological polar surface area (TPSA) is 82.9 Å². The maximum absolute atomic E-state index is 12.8. The minimum absolute atomic E-state index is 0.0525. The highest BCUT2D eigenvalue weighted by Gasteiger charge is 2.35. The van der Waals surface area contributed by atoms with E-state index in [4.69, 9.17) is 16.0 Å². The Morgan fingerprint density at radius 1 is 1.18 bits per heavy atom. The first kappa shape index (κ1) is 18.6. The molecule has 1 atom stereocenters. The van der Waals surface area contributed by atoms with Crippen LogP contribution in [0.25, 0.3) is 0 Å². The molecule has 0 radical (unpaired) electrons. The number of carbonyl (C=O) groups excluding carboxylic acids is 3. The van der Waals surface area contributed by atoms with Gasteiger partial charge in [-0.25, -0.2) is 0 Å². The molecule has 1 aromatic heterocycles. The zero-order valence-corrected chi connectivity index (χ0v) is 15.9. The van der Waals surface area contributed by atoms with E-state index in [0.717, 1.165) is 12.8 Å². The summed E-state index contributed by atoms with van der Waals surface area (Å²) in [7, 11) is 0. The third-order valence-electron chi connectivity index (χ3n) is 5.13. The van der Waals surface area contributed by atoms with Crippen molar-refractivity contribution < 1.29 is 18.8 Å². The quantitative estimate of drug-likeness (QED) is 0.852. The summed E-state index contributed by atoms with van der Waals surface area (Å²) in [5.41, 5.74) is 1.18. The fourth-order valence-electron chi connectivity index (χ4n) is 3.76. The number of amides is 3. The van der Waals surface area contributed by atoms with Crippen molar-refractivity contribution >= 4 is 40.7 Å². The van der Waals surface area contributed by atoms with Gasteiger partial charge in [0.25, 0.3) is 5.91 Å². The highest BCUT2D eigenvalue weighted by molar-refractivity contribution is 6.34. The van der Waals surface area contributed by atoms with Gasteiger partial charge in [-0.2, -0.15) is 0 Å². The summed E-state index contributed by atoms with van der Waals surface area (Å²) in [5.74, 6) is -0.277. The Hall–Kier alpha value is -2.80. The molecule has 4 rings (SSSR count). The maximum atomic E-state index is 12.8. The van der Waals surface area contributed by atoms with Gasteiger partial charge in [0.2, 0.25) is 11.8 Å². The molecular formula is C20H20ClN3O4. The number of nitrogens with one attached hydrogen (secondary N) is 1. The molecule has 8 heteroatoms. The number of rotatable bonds is 4. The third-order valence-corrected chi connectivity index (χ3v) is 5.43. The van der Waals surface area contributed by atoms with Crippen molar-refractivity contribution in [1.29, 1.82) is 0 Å². The van der Waals surface area contributed by atoms with Gasteiger partial charge in [0.1, 0.15) is 6.04 Å². The molecule has 7 nitrogen and oxygen atoms in total. The predicted molar refractivity (Wildman–Crippen MR) is 104 cm³/mol. The van der Waals surface area contributed by atoms with Crippen molar-refractivity contribution in [2.45, 2.75) is 31.7 Å². The molecule has 2 aromatic rings. The standard InChI is InChI=1S/C20H20ClN3O4/c21-14-12-13(7-8-15(14)23-9-2-6-18(23)25)22-19(26)16-4-1-10-24(16)20(27)17-5-3-11-28-17/h3,5,7-8,11-12,16H,1-2,4,6,9-10H2,(H,22,26)/t16-/m1/s1. The van der Waals surface area contributed by atoms with Crippen LogP contribution in [0.15, 0.2) is 41.0 Å². The second kappa shape index (κ2) is 7.67. The van der Waals surface area contributed by atoms with Gasteiger partial charge < -0.3 is 19.5 Å². The molecule has 28 heavy (non-hydrogen) atoms. The minimum atomic E-state index is -0.559. The number of hydrogen-bond donors (Lipinski definition) is 1. The van der Waals surface area contributed by atoms with E-state index in [-0.39, 0.29) is 23.5 Å². The van der Waals surface area contributed by atoms with E-state index < -0.39 is 6.04 Å². The second-order valence-electron chi connectivity index (χ2n) is 6.94. The molecule has 146 valence electrons. The van der Waals surface area contributed by atoms with Gasteiger partial charge in [-0.15, -0.1) is 0 Å². The average molecular weight is 402 g/mol. The number of hydrogen-bond acceptors (Lipinski definition) is 4. The van der Waals surface area contributed by atoms with E-state index in [2.05, 4.69) is 5.32 Å². The van der Waals surface area contributed by atoms with Crippen LogP contribution in [-0.4, -0.2) is 41.8 Å². The van der Waals surface area contributed by atoms with Crippen molar-refractivity contribution in [3.05, 3.63) is 47.4 Å². The van der Waals surface area contributed by atoms with E-state index >= 15 is 0 Å². The Morgan fingerprint density at radius 2 is 2.04 bits per heavy atom. The average Bonchev–Trinajstić information content (AvgIpc) is 3.43. The molecule has 0 saturated carbocycles. The van der Waals surface area contributed by atoms with E-state index in [0.29, 0.717) is 42.3 Å². The number of furan rings is 1. The van der Waals surface area contributed by atoms with Gasteiger partial charge >= 0.3 is 0 Å². The summed E-state index contributed by atoms with van der Waals surface area (Å²) in [6.45, 7) is 1.16. The third kappa shape index (κ3) is 3.49. The summed E-state index contributed by atoms with van der Waals surface area (Å²) in [6, 6.07) is 7.77. The first-order valence-corrected chi connectivity index (χ1v) is 9.67. The SMILES string of the molecule is O=C(Nc1ccc(N2CCCC2=O)c(Cl)c1)[C@H]1CCCN1C(=O)c1ccco1. The zero-order chi connectivity index (χ0) is 19.7. The van der Waals surface area contributed by atoms with Gasteiger partial charge in [-0.3, -0.25) is 14.4 Å². The van der Waals surface area contributed by atoms with Crippen molar-refractivity contribution in [1.82, 2.24) is 4.90 Å². The van der Waals surface area contributed by atoms with Crippen LogP contribution in [0.3, 0.4) is 0 Å². The van der Waals surface area contributed by atoms with Crippen LogP contribution in [0.2, 0.25) is 5.02 Å². The molecule has 2 aliphatic rings. The van der Waals surface area contributed by atoms with Crippen LogP contribution < -0.4 is 10.2 Å². The van der Waals surface area contributed by atoms with Crippen molar-refractivity contribution in [3.8, 4) is 0 Å². The van der Waals surface area contributed by atoms with Crippen LogP contribution in [0, 0.1) is 0 Å². The van der Waals surface area contributed by atoms with Crippen LogP contribution in [0.5, 0.6) is 0 Å². The number of nitrogens with zero attached hydrogens (tertiary/aromatic N) is 2. The maximum Gasteiger partial charge on any atom is 0.290 e. The normalized spacial score (nSPS) is 19.3. The summed E-state index contributed by atoms with van der Waals surface area (Å²) >= 11 is 6.34. The molecule has 1 N–H and O–H groups in total. The predicted octanol–water partition coefficient (Wildman–Crippen LogP) is 3.30. The van der Waals surface area contributed by atoms with Crippen molar-refractivity contribution in [2.24, 2.45) is 0 Å². The van der Waals surface area contributed by atoms with E-state index in [1.807, 2.05) is 0 Å². The summed E-state index contributed by atoms with van der Waals surface area (Å²) < 4.78 is 5.17. The molecule has 3 heterocycles. The highest BCUT2D eigenvalue weighted by Crippen LogP contribution is 2.32. The molecule has 0 aliphatic carbocycles. The second-order valence-corrected chi connectivity index (χ2v) is 7.35. The summed E-state index contributed by atoms with van der Waals surface area (Å²) in [6.07, 6.45) is 4.12. The highest BCUT2D eigenvalue weighted by atomic mass is 35.5. The smallest absolute Gasteiger partial charge is 0.290 e. The molecule has 1 aromatic carbocycles. The Labute approximate surface area is 167 Å². The van der Waals surface area contributed by atoms with Gasteiger partial charge in [0, 0.05) is 25.2 Å². The van der Waals surface area contributed by atoms with Crippen molar-refractivity contribution in [3.63, 3.8) is 0 Å². The number of benzene rings is 1. The lowest BCUT2D eigenvalue weighted by Gasteiger charge is -2.23. The van der Waals surface area contributed by atoms with E-state index in [1.54, 1.807) is 35.2 Å². The molecule has 0 spiro atoms. The summed E-state index contributed by atoms with van der Waals surface area (Å²) in [5, 5.41) is 3.24. The molecular weight excluding hydrogens is 382 g/mol. The van der Waals surface area contributed by atoms with Gasteiger partial charge in [0.05, 0.1) is 17.0 Å². The molecule has 0 bridgehead atoms. The Bertz CT molecular complexity index is 912. The Balaban J connectivity index is 1.46.